The van der Waals surface area contributed by atoms with Crippen LogP contribution in [0.25, 0.3) is 0 Å². The van der Waals surface area contributed by atoms with Crippen LogP contribution in [0.15, 0.2) is 23.1 Å². The lowest BCUT2D eigenvalue weighted by atomic mass is 10.1. The molecule has 1 aromatic carbocycles. The van der Waals surface area contributed by atoms with Crippen molar-refractivity contribution >= 4 is 39.3 Å². The number of nitrogens with one attached hydrogen (secondary N) is 1. The summed E-state index contributed by atoms with van der Waals surface area (Å²) in [6.07, 6.45) is 0.591. The zero-order valence-electron chi connectivity index (χ0n) is 15.7. The molecule has 0 aliphatic carbocycles. The van der Waals surface area contributed by atoms with Crippen molar-refractivity contribution in [3.05, 3.63) is 28.2 Å². The number of amides is 1. The van der Waals surface area contributed by atoms with Crippen molar-refractivity contribution in [2.75, 3.05) is 46.9 Å². The second kappa shape index (κ2) is 9.07. The first-order valence-corrected chi connectivity index (χ1v) is 11.0. The highest BCUT2D eigenvalue weighted by atomic mass is 35.5. The highest BCUT2D eigenvalue weighted by molar-refractivity contribution is 7.89. The van der Waals surface area contributed by atoms with Gasteiger partial charge in [-0.25, -0.2) is 17.6 Å². The number of methoxy groups -OCH3 is 1. The third-order valence-corrected chi connectivity index (χ3v) is 7.30. The molecular formula is C17H26Cl2N3O4S+. The minimum Gasteiger partial charge on any atom is -0.423 e. The summed E-state index contributed by atoms with van der Waals surface area (Å²) in [6, 6.07) is 4.39. The van der Waals surface area contributed by atoms with Gasteiger partial charge in [-0.05, 0) is 24.6 Å². The van der Waals surface area contributed by atoms with Gasteiger partial charge in [0, 0.05) is 24.7 Å². The van der Waals surface area contributed by atoms with Gasteiger partial charge in [0.25, 0.3) is 0 Å². The van der Waals surface area contributed by atoms with Gasteiger partial charge in [-0.2, -0.15) is 4.79 Å². The molecule has 1 aromatic rings. The number of carbonyl (C=O) groups excluding carboxylic acids is 1. The van der Waals surface area contributed by atoms with E-state index in [0.717, 1.165) is 6.42 Å². The van der Waals surface area contributed by atoms with Gasteiger partial charge in [-0.3, -0.25) is 4.90 Å². The monoisotopic (exact) mass is 438 g/mol. The summed E-state index contributed by atoms with van der Waals surface area (Å²) >= 11 is 11.8. The standard InChI is InChI=1S/C17H26Cl2N3O4S/c1-4-14-12-21(9-10-22(14,2)17(23)26-3)8-7-20-27(24,25)16-6-5-13(18)11-15(16)19/h5-6,11,14,20H,4,7-10,12H2,1-3H3/q+1. The molecule has 10 heteroatoms. The maximum absolute atomic E-state index is 12.4. The number of hydrogen-bond acceptors (Lipinski definition) is 5. The van der Waals surface area contributed by atoms with Crippen molar-refractivity contribution < 1.29 is 22.4 Å². The van der Waals surface area contributed by atoms with Crippen molar-refractivity contribution in [2.45, 2.75) is 24.3 Å². The van der Waals surface area contributed by atoms with Crippen LogP contribution in [0.3, 0.4) is 0 Å². The number of sulfonamides is 1. The van der Waals surface area contributed by atoms with E-state index in [1.165, 1.54) is 25.3 Å². The molecule has 0 radical (unpaired) electrons. The third-order valence-electron chi connectivity index (χ3n) is 5.12. The molecule has 27 heavy (non-hydrogen) atoms. The number of nitrogens with zero attached hydrogens (tertiary/aromatic N) is 2. The number of piperazine rings is 1. The number of quaternary nitrogens is 1. The molecule has 1 aliphatic rings. The van der Waals surface area contributed by atoms with E-state index in [1.807, 2.05) is 14.0 Å². The quantitative estimate of drug-likeness (QED) is 0.690. The fourth-order valence-corrected chi connectivity index (χ4v) is 5.19. The molecule has 0 aromatic heterocycles. The predicted octanol–water partition coefficient (Wildman–Crippen LogP) is 2.58. The van der Waals surface area contributed by atoms with E-state index in [4.69, 9.17) is 27.9 Å². The van der Waals surface area contributed by atoms with Crippen LogP contribution < -0.4 is 4.72 Å². The van der Waals surface area contributed by atoms with Gasteiger partial charge in [0.1, 0.15) is 17.5 Å². The zero-order valence-corrected chi connectivity index (χ0v) is 18.1. The Morgan fingerprint density at radius 1 is 1.41 bits per heavy atom. The van der Waals surface area contributed by atoms with Gasteiger partial charge in [-0.1, -0.05) is 30.1 Å². The van der Waals surface area contributed by atoms with Crippen LogP contribution in [0.4, 0.5) is 4.79 Å². The van der Waals surface area contributed by atoms with Crippen LogP contribution in [0.2, 0.25) is 10.0 Å². The molecule has 1 saturated heterocycles. The summed E-state index contributed by atoms with van der Waals surface area (Å²) in [4.78, 5) is 14.3. The maximum Gasteiger partial charge on any atom is 0.515 e. The maximum atomic E-state index is 12.4. The number of hydrogen-bond donors (Lipinski definition) is 1. The van der Waals surface area contributed by atoms with E-state index in [2.05, 4.69) is 9.62 Å². The number of ether oxygens (including phenoxy) is 1. The molecule has 1 amide bonds. The number of rotatable bonds is 6. The van der Waals surface area contributed by atoms with Crippen LogP contribution in [0.1, 0.15) is 13.3 Å². The Labute approximate surface area is 170 Å². The smallest absolute Gasteiger partial charge is 0.423 e. The Morgan fingerprint density at radius 3 is 2.70 bits per heavy atom. The Hall–Kier alpha value is -0.900. The molecule has 1 heterocycles. The number of halogens is 2. The molecule has 7 nitrogen and oxygen atoms in total. The normalized spacial score (nSPS) is 24.0. The second-order valence-electron chi connectivity index (χ2n) is 6.80. The summed E-state index contributed by atoms with van der Waals surface area (Å²) in [5, 5.41) is 0.467. The minimum absolute atomic E-state index is 0.00794. The van der Waals surface area contributed by atoms with Gasteiger partial charge in [0.05, 0.1) is 25.7 Å². The molecule has 2 unspecified atom stereocenters. The van der Waals surface area contributed by atoms with Crippen LogP contribution in [0, 0.1) is 0 Å². The van der Waals surface area contributed by atoms with Crippen LogP contribution in [-0.4, -0.2) is 76.8 Å². The molecule has 0 bridgehead atoms. The average Bonchev–Trinajstić information content (AvgIpc) is 2.61. The van der Waals surface area contributed by atoms with Gasteiger partial charge >= 0.3 is 6.09 Å². The SMILES string of the molecule is CCC1CN(CCNS(=O)(=O)c2ccc(Cl)cc2Cl)CC[N+]1(C)C(=O)OC. The van der Waals surface area contributed by atoms with E-state index in [0.29, 0.717) is 31.2 Å². The Kier molecular flexibility index (Phi) is 7.52. The predicted molar refractivity (Wildman–Crippen MR) is 106 cm³/mol. The van der Waals surface area contributed by atoms with E-state index in [-0.39, 0.29) is 33.1 Å². The summed E-state index contributed by atoms with van der Waals surface area (Å²) in [5.41, 5.74) is 0. The lowest BCUT2D eigenvalue weighted by molar-refractivity contribution is -0.869. The largest absolute Gasteiger partial charge is 0.515 e. The first-order valence-electron chi connectivity index (χ1n) is 8.75. The molecule has 2 rings (SSSR count). The van der Waals surface area contributed by atoms with E-state index >= 15 is 0 Å². The van der Waals surface area contributed by atoms with Crippen molar-refractivity contribution in [3.8, 4) is 0 Å². The fourth-order valence-electron chi connectivity index (χ4n) is 3.39. The Bertz CT molecular complexity index is 790. The molecule has 0 saturated carbocycles. The second-order valence-corrected chi connectivity index (χ2v) is 9.38. The van der Waals surface area contributed by atoms with Crippen LogP contribution in [-0.2, 0) is 14.8 Å². The van der Waals surface area contributed by atoms with Gasteiger partial charge in [-0.15, -0.1) is 0 Å². The molecule has 1 fully saturated rings. The summed E-state index contributed by atoms with van der Waals surface area (Å²) < 4.78 is 32.7. The van der Waals surface area contributed by atoms with Crippen LogP contribution in [0.5, 0.6) is 0 Å². The lowest BCUT2D eigenvalue weighted by Gasteiger charge is -2.44. The van der Waals surface area contributed by atoms with Gasteiger partial charge < -0.3 is 4.74 Å². The highest BCUT2D eigenvalue weighted by Crippen LogP contribution is 2.25. The topological polar surface area (TPSA) is 75.7 Å². The number of carbonyl (C=O) groups is 1. The van der Waals surface area contributed by atoms with Gasteiger partial charge in [0.15, 0.2) is 0 Å². The molecule has 2 atom stereocenters. The third kappa shape index (κ3) is 5.13. The van der Waals surface area contributed by atoms with E-state index < -0.39 is 10.0 Å². The molecule has 152 valence electrons. The fraction of sp³-hybridized carbons (Fsp3) is 0.588. The Morgan fingerprint density at radius 2 is 2.11 bits per heavy atom. The number of likely N-dealkylation sites (N-methyl/N-ethyl adjacent to an activating group) is 1. The first kappa shape index (κ1) is 22.4. The summed E-state index contributed by atoms with van der Waals surface area (Å²) in [7, 11) is -0.417. The first-order chi connectivity index (χ1) is 12.6. The summed E-state index contributed by atoms with van der Waals surface area (Å²) in [5.74, 6) is 0. The van der Waals surface area contributed by atoms with Crippen LogP contribution >= 0.6 is 23.2 Å². The molecule has 0 spiro atoms. The van der Waals surface area contributed by atoms with Crippen molar-refractivity contribution in [1.29, 1.82) is 0 Å². The molecular weight excluding hydrogens is 413 g/mol. The minimum atomic E-state index is -3.71. The lowest BCUT2D eigenvalue weighted by Crippen LogP contribution is -2.66. The van der Waals surface area contributed by atoms with E-state index in [1.54, 1.807) is 0 Å². The zero-order chi connectivity index (χ0) is 20.2. The van der Waals surface area contributed by atoms with Crippen molar-refractivity contribution in [1.82, 2.24) is 9.62 Å². The van der Waals surface area contributed by atoms with Crippen molar-refractivity contribution in [2.24, 2.45) is 0 Å². The number of benzene rings is 1. The van der Waals surface area contributed by atoms with E-state index in [9.17, 15) is 13.2 Å². The molecule has 1 aliphatic heterocycles. The summed E-state index contributed by atoms with van der Waals surface area (Å²) in [6.45, 7) is 4.85. The molecule has 1 N–H and O–H groups in total. The Balaban J connectivity index is 1.95. The van der Waals surface area contributed by atoms with Gasteiger partial charge in [0.2, 0.25) is 10.0 Å². The highest BCUT2D eigenvalue weighted by Gasteiger charge is 2.44. The average molecular weight is 439 g/mol. The van der Waals surface area contributed by atoms with Crippen molar-refractivity contribution in [3.63, 3.8) is 0 Å².